The van der Waals surface area contributed by atoms with E-state index in [2.05, 4.69) is 4.98 Å². The Kier molecular flexibility index (Phi) is 5.30. The molecular formula is C7H4BCl2F3N. The minimum Gasteiger partial charge on any atom is -0.223 e. The number of rotatable bonds is 2. The van der Waals surface area contributed by atoms with Gasteiger partial charge in [-0.15, -0.1) is 23.2 Å². The molecular weight excluding hydrogens is 237 g/mol. The number of hydrogen-bond donors (Lipinski definition) is 0. The quantitative estimate of drug-likeness (QED) is 0.440. The largest absolute Gasteiger partial charge is 0.249 e. The maximum Gasteiger partial charge on any atom is 0.249 e. The molecule has 1 aromatic rings. The van der Waals surface area contributed by atoms with E-state index in [4.69, 9.17) is 23.2 Å². The number of halogens is 5. The smallest absolute Gasteiger partial charge is 0.223 e. The Balaban J connectivity index is 0.00000169. The van der Waals surface area contributed by atoms with E-state index in [1.165, 1.54) is 0 Å². The normalized spacial score (nSPS) is 12.1. The van der Waals surface area contributed by atoms with Gasteiger partial charge in [0.15, 0.2) is 5.82 Å². The van der Waals surface area contributed by atoms with E-state index in [-0.39, 0.29) is 14.3 Å². The molecule has 0 aromatic carbocycles. The van der Waals surface area contributed by atoms with Crippen molar-refractivity contribution in [3.63, 3.8) is 0 Å². The molecule has 0 saturated heterocycles. The highest BCUT2D eigenvalue weighted by atomic mass is 35.5. The lowest BCUT2D eigenvalue weighted by Gasteiger charge is -2.07. The summed E-state index contributed by atoms with van der Waals surface area (Å²) in [5.74, 6) is -3.98. The van der Waals surface area contributed by atoms with Crippen LogP contribution in [0.3, 0.4) is 0 Å². The number of hydrogen-bond acceptors (Lipinski definition) is 1. The van der Waals surface area contributed by atoms with Crippen LogP contribution in [0.4, 0.5) is 13.2 Å². The summed E-state index contributed by atoms with van der Waals surface area (Å²) in [6.45, 7) is 0. The molecule has 1 rings (SSSR count). The first kappa shape index (κ1) is 13.6. The molecule has 14 heavy (non-hydrogen) atoms. The predicted octanol–water partition coefficient (Wildman–Crippen LogP) is 2.64. The molecule has 0 saturated carbocycles. The molecule has 0 aliphatic carbocycles. The van der Waals surface area contributed by atoms with Gasteiger partial charge in [-0.2, -0.15) is 4.39 Å². The van der Waals surface area contributed by atoms with Gasteiger partial charge >= 0.3 is 0 Å². The van der Waals surface area contributed by atoms with Gasteiger partial charge in [0, 0.05) is 19.9 Å². The van der Waals surface area contributed by atoms with Crippen molar-refractivity contribution in [3.8, 4) is 0 Å². The lowest BCUT2D eigenvalue weighted by molar-refractivity contribution is 0.451. The summed E-state index contributed by atoms with van der Waals surface area (Å²) in [5, 5.41) is -1.10. The number of aromatic nitrogens is 1. The average molecular weight is 241 g/mol. The molecule has 0 aliphatic rings. The Bertz CT molecular complexity index is 324. The molecule has 1 nitrogen and oxygen atoms in total. The van der Waals surface area contributed by atoms with Crippen molar-refractivity contribution in [2.24, 2.45) is 0 Å². The zero-order valence-electron chi connectivity index (χ0n) is 6.78. The first-order valence-corrected chi connectivity index (χ1v) is 4.24. The Labute approximate surface area is 90.8 Å². The van der Waals surface area contributed by atoms with Gasteiger partial charge < -0.3 is 0 Å². The van der Waals surface area contributed by atoms with Gasteiger partial charge in [0.05, 0.1) is 11.6 Å². The van der Waals surface area contributed by atoms with E-state index in [1.807, 2.05) is 0 Å². The van der Waals surface area contributed by atoms with Crippen molar-refractivity contribution in [1.82, 2.24) is 4.98 Å². The van der Waals surface area contributed by atoms with Crippen molar-refractivity contribution in [3.05, 3.63) is 29.3 Å². The van der Waals surface area contributed by atoms with Gasteiger partial charge in [-0.3, -0.25) is 0 Å². The lowest BCUT2D eigenvalue weighted by Crippen LogP contribution is -2.04. The molecule has 1 atom stereocenters. The minimum atomic E-state index is -1.39. The fraction of sp³-hybridized carbons (Fsp3) is 0.286. The van der Waals surface area contributed by atoms with Gasteiger partial charge in [-0.05, 0) is 0 Å². The fourth-order valence-electron chi connectivity index (χ4n) is 0.820. The van der Waals surface area contributed by atoms with E-state index in [0.29, 0.717) is 6.20 Å². The van der Waals surface area contributed by atoms with Crippen LogP contribution in [0.5, 0.6) is 0 Å². The molecule has 7 heteroatoms. The molecule has 0 fully saturated rings. The van der Waals surface area contributed by atoms with Crippen LogP contribution in [0, 0.1) is 17.6 Å². The van der Waals surface area contributed by atoms with Crippen molar-refractivity contribution in [1.29, 1.82) is 0 Å². The Morgan fingerprint density at radius 2 is 1.93 bits per heavy atom. The fourth-order valence-corrected chi connectivity index (χ4v) is 1.17. The second-order valence-electron chi connectivity index (χ2n) is 2.25. The van der Waals surface area contributed by atoms with Crippen molar-refractivity contribution in [2.75, 3.05) is 5.88 Å². The highest BCUT2D eigenvalue weighted by molar-refractivity contribution is 6.28. The summed E-state index contributed by atoms with van der Waals surface area (Å²) in [6, 6.07) is 0. The van der Waals surface area contributed by atoms with E-state index < -0.39 is 28.5 Å². The highest BCUT2D eigenvalue weighted by Gasteiger charge is 2.21. The highest BCUT2D eigenvalue weighted by Crippen LogP contribution is 2.27. The van der Waals surface area contributed by atoms with Gasteiger partial charge in [0.1, 0.15) is 5.82 Å². The second-order valence-corrected chi connectivity index (χ2v) is 3.08. The Morgan fingerprint density at radius 1 is 1.36 bits per heavy atom. The zero-order valence-corrected chi connectivity index (χ0v) is 8.29. The first-order valence-electron chi connectivity index (χ1n) is 3.27. The van der Waals surface area contributed by atoms with Crippen LogP contribution in [0.1, 0.15) is 10.9 Å². The zero-order chi connectivity index (χ0) is 10.0. The molecule has 0 bridgehead atoms. The van der Waals surface area contributed by atoms with Gasteiger partial charge in [0.25, 0.3) is 0 Å². The topological polar surface area (TPSA) is 12.9 Å². The molecule has 1 unspecified atom stereocenters. The van der Waals surface area contributed by atoms with Crippen LogP contribution in [0.15, 0.2) is 6.20 Å². The molecule has 75 valence electrons. The van der Waals surface area contributed by atoms with E-state index in [1.54, 1.807) is 0 Å². The minimum absolute atomic E-state index is 0. The monoisotopic (exact) mass is 240 g/mol. The summed E-state index contributed by atoms with van der Waals surface area (Å²) >= 11 is 10.7. The van der Waals surface area contributed by atoms with Crippen molar-refractivity contribution in [2.45, 2.75) is 5.38 Å². The molecule has 3 radical (unpaired) electrons. The van der Waals surface area contributed by atoms with E-state index in [0.717, 1.165) is 0 Å². The summed E-state index contributed by atoms with van der Waals surface area (Å²) in [4.78, 5) is 2.84. The summed E-state index contributed by atoms with van der Waals surface area (Å²) in [6.07, 6.45) is 0.565. The molecule has 1 aromatic heterocycles. The maximum absolute atomic E-state index is 12.9. The summed E-state index contributed by atoms with van der Waals surface area (Å²) < 4.78 is 38.2. The Hall–Kier alpha value is -0.415. The average Bonchev–Trinajstić information content (AvgIpc) is 2.12. The van der Waals surface area contributed by atoms with Gasteiger partial charge in [0.2, 0.25) is 5.95 Å². The maximum atomic E-state index is 12.9. The Morgan fingerprint density at radius 3 is 2.43 bits per heavy atom. The van der Waals surface area contributed by atoms with E-state index >= 15 is 0 Å². The molecule has 0 aliphatic heterocycles. The second kappa shape index (κ2) is 5.46. The third kappa shape index (κ3) is 2.54. The molecule has 1 heterocycles. The van der Waals surface area contributed by atoms with E-state index in [9.17, 15) is 13.2 Å². The summed E-state index contributed by atoms with van der Waals surface area (Å²) in [5.41, 5.74) is -0.579. The van der Waals surface area contributed by atoms with Crippen LogP contribution in [-0.2, 0) is 0 Å². The van der Waals surface area contributed by atoms with Gasteiger partial charge in [-0.25, -0.2) is 13.8 Å². The third-order valence-corrected chi connectivity index (χ3v) is 2.25. The van der Waals surface area contributed by atoms with Crippen LogP contribution in [0.25, 0.3) is 0 Å². The standard InChI is InChI=1S/C7H4Cl2F3N.B/c8-1-3(9)5-4(10)2-13-7(12)6(5)11;/h2-3H,1H2;. The van der Waals surface area contributed by atoms with Crippen molar-refractivity contribution >= 4 is 31.6 Å². The number of alkyl halides is 2. The molecule has 0 spiro atoms. The molecule has 0 amide bonds. The molecule has 0 N–H and O–H groups in total. The van der Waals surface area contributed by atoms with Gasteiger partial charge in [-0.1, -0.05) is 0 Å². The first-order chi connectivity index (χ1) is 6.07. The van der Waals surface area contributed by atoms with Crippen molar-refractivity contribution < 1.29 is 13.2 Å². The summed E-state index contributed by atoms with van der Waals surface area (Å²) in [7, 11) is 0. The van der Waals surface area contributed by atoms with Crippen LogP contribution >= 0.6 is 23.2 Å². The number of nitrogens with zero attached hydrogens (tertiary/aromatic N) is 1. The third-order valence-electron chi connectivity index (χ3n) is 1.41. The number of pyridine rings is 1. The van der Waals surface area contributed by atoms with Crippen LogP contribution < -0.4 is 0 Å². The van der Waals surface area contributed by atoms with Crippen LogP contribution in [-0.4, -0.2) is 19.3 Å². The SMILES string of the molecule is Fc1cnc(F)c(F)c1C(Cl)CCl.[B]. The predicted molar refractivity (Wildman–Crippen MR) is 49.2 cm³/mol. The van der Waals surface area contributed by atoms with Crippen LogP contribution in [0.2, 0.25) is 0 Å². The lowest BCUT2D eigenvalue weighted by atomic mass is 10.2.